The predicted octanol–water partition coefficient (Wildman–Crippen LogP) is 4.67. The van der Waals surface area contributed by atoms with E-state index in [-0.39, 0.29) is 30.0 Å². The molecule has 0 spiro atoms. The Kier molecular flexibility index (Phi) is 7.10. The number of fused-ring (bicyclic) bond motifs is 3. The van der Waals surface area contributed by atoms with Gasteiger partial charge in [-0.05, 0) is 46.7 Å². The molecule has 0 saturated carbocycles. The van der Waals surface area contributed by atoms with Crippen molar-refractivity contribution in [1.29, 1.82) is 0 Å². The Hall–Kier alpha value is -4.20. The average Bonchev–Trinajstić information content (AvgIpc) is 3.16. The Morgan fingerprint density at radius 3 is 2.17 bits per heavy atom. The van der Waals surface area contributed by atoms with Crippen LogP contribution in [0.3, 0.4) is 0 Å². The number of carboxylic acids is 1. The Bertz CT molecular complexity index is 1210. The van der Waals surface area contributed by atoms with Gasteiger partial charge in [-0.25, -0.2) is 14.6 Å². The molecule has 3 N–H and O–H groups in total. The molecule has 1 heterocycles. The molecule has 0 unspecified atom stereocenters. The third kappa shape index (κ3) is 5.48. The van der Waals surface area contributed by atoms with Crippen LogP contribution in [-0.2, 0) is 9.53 Å². The number of aliphatic carboxylic acids is 1. The van der Waals surface area contributed by atoms with E-state index in [1.165, 1.54) is 12.1 Å². The number of ether oxygens (including phenoxy) is 1. The van der Waals surface area contributed by atoms with Gasteiger partial charge in [-0.2, -0.15) is 0 Å². The standard InChI is InChI=1S/C27H27N3O5/c1-16(2)14-23(26(32)33)29-25(31)22-12-7-13-24(28-22)30-27(34)35-15-21-19-10-5-3-8-17(19)18-9-4-6-11-20(18)21/h3-13,16,21,23H,14-15H2,1-2H3,(H,29,31)(H,32,33)(H,28,30,34)/t23-/m1/s1. The fourth-order valence-electron chi connectivity index (χ4n) is 4.29. The highest BCUT2D eigenvalue weighted by Gasteiger charge is 2.29. The largest absolute Gasteiger partial charge is 0.480 e. The second-order valence-electron chi connectivity index (χ2n) is 8.85. The smallest absolute Gasteiger partial charge is 0.412 e. The second-order valence-corrected chi connectivity index (χ2v) is 8.85. The van der Waals surface area contributed by atoms with Gasteiger partial charge in [0.05, 0.1) is 0 Å². The van der Waals surface area contributed by atoms with Crippen LogP contribution in [0.4, 0.5) is 10.6 Å². The lowest BCUT2D eigenvalue weighted by molar-refractivity contribution is -0.139. The number of benzene rings is 2. The molecule has 0 bridgehead atoms. The molecule has 2 amide bonds. The van der Waals surface area contributed by atoms with E-state index in [0.717, 1.165) is 22.3 Å². The van der Waals surface area contributed by atoms with E-state index >= 15 is 0 Å². The Morgan fingerprint density at radius 1 is 0.943 bits per heavy atom. The summed E-state index contributed by atoms with van der Waals surface area (Å²) in [5.74, 6) is -1.60. The summed E-state index contributed by atoms with van der Waals surface area (Å²) in [5.41, 5.74) is 4.47. The number of carbonyl (C=O) groups excluding carboxylic acids is 2. The molecule has 8 heteroatoms. The summed E-state index contributed by atoms with van der Waals surface area (Å²) in [6, 6.07) is 19.6. The van der Waals surface area contributed by atoms with Crippen LogP contribution < -0.4 is 10.6 Å². The van der Waals surface area contributed by atoms with Crippen LogP contribution in [0, 0.1) is 5.92 Å². The van der Waals surface area contributed by atoms with Gasteiger partial charge >= 0.3 is 12.1 Å². The molecule has 1 atom stereocenters. The van der Waals surface area contributed by atoms with Crippen LogP contribution in [0.25, 0.3) is 11.1 Å². The number of carbonyl (C=O) groups is 3. The summed E-state index contributed by atoms with van der Waals surface area (Å²) in [7, 11) is 0. The minimum atomic E-state index is -1.11. The van der Waals surface area contributed by atoms with Crippen molar-refractivity contribution in [2.75, 3.05) is 11.9 Å². The highest BCUT2D eigenvalue weighted by Crippen LogP contribution is 2.44. The van der Waals surface area contributed by atoms with Crippen molar-refractivity contribution >= 4 is 23.8 Å². The quantitative estimate of drug-likeness (QED) is 0.438. The highest BCUT2D eigenvalue weighted by molar-refractivity contribution is 5.95. The molecule has 2 aromatic carbocycles. The van der Waals surface area contributed by atoms with Crippen molar-refractivity contribution < 1.29 is 24.2 Å². The van der Waals surface area contributed by atoms with Gasteiger partial charge in [-0.15, -0.1) is 0 Å². The minimum absolute atomic E-state index is 0.00328. The van der Waals surface area contributed by atoms with Gasteiger partial charge in [-0.3, -0.25) is 10.1 Å². The molecule has 3 aromatic rings. The van der Waals surface area contributed by atoms with Crippen LogP contribution in [0.1, 0.15) is 47.8 Å². The predicted molar refractivity (Wildman–Crippen MR) is 131 cm³/mol. The zero-order valence-electron chi connectivity index (χ0n) is 19.5. The highest BCUT2D eigenvalue weighted by atomic mass is 16.5. The molecule has 4 rings (SSSR count). The summed E-state index contributed by atoms with van der Waals surface area (Å²) >= 11 is 0. The van der Waals surface area contributed by atoms with Gasteiger partial charge in [-0.1, -0.05) is 68.4 Å². The van der Waals surface area contributed by atoms with E-state index in [9.17, 15) is 19.5 Å². The number of anilines is 1. The molecule has 0 radical (unpaired) electrons. The molecule has 35 heavy (non-hydrogen) atoms. The number of hydrogen-bond acceptors (Lipinski definition) is 5. The first-order valence-corrected chi connectivity index (χ1v) is 11.5. The van der Waals surface area contributed by atoms with Crippen LogP contribution in [-0.4, -0.2) is 40.7 Å². The monoisotopic (exact) mass is 473 g/mol. The molecular formula is C27H27N3O5. The first-order chi connectivity index (χ1) is 16.8. The molecule has 8 nitrogen and oxygen atoms in total. The lowest BCUT2D eigenvalue weighted by Gasteiger charge is -2.16. The summed E-state index contributed by atoms with van der Waals surface area (Å²) < 4.78 is 5.52. The van der Waals surface area contributed by atoms with Gasteiger partial charge in [0.2, 0.25) is 0 Å². The topological polar surface area (TPSA) is 118 Å². The van der Waals surface area contributed by atoms with Crippen molar-refractivity contribution in [3.63, 3.8) is 0 Å². The van der Waals surface area contributed by atoms with E-state index < -0.39 is 24.0 Å². The van der Waals surface area contributed by atoms with Crippen molar-refractivity contribution in [2.45, 2.75) is 32.2 Å². The van der Waals surface area contributed by atoms with Gasteiger partial charge < -0.3 is 15.2 Å². The van der Waals surface area contributed by atoms with E-state index in [1.807, 2.05) is 50.2 Å². The Balaban J connectivity index is 1.39. The van der Waals surface area contributed by atoms with E-state index in [4.69, 9.17) is 4.74 Å². The number of hydrogen-bond donors (Lipinski definition) is 3. The molecular weight excluding hydrogens is 446 g/mol. The number of nitrogens with zero attached hydrogens (tertiary/aromatic N) is 1. The van der Waals surface area contributed by atoms with Crippen LogP contribution in [0.15, 0.2) is 66.7 Å². The third-order valence-corrected chi connectivity index (χ3v) is 5.87. The number of nitrogens with one attached hydrogen (secondary N) is 2. The van der Waals surface area contributed by atoms with Crippen LogP contribution in [0.2, 0.25) is 0 Å². The van der Waals surface area contributed by atoms with Crippen LogP contribution in [0.5, 0.6) is 0 Å². The first-order valence-electron chi connectivity index (χ1n) is 11.5. The lowest BCUT2D eigenvalue weighted by atomic mass is 9.98. The Morgan fingerprint density at radius 2 is 1.57 bits per heavy atom. The van der Waals surface area contributed by atoms with Crippen molar-refractivity contribution in [1.82, 2.24) is 10.3 Å². The Labute approximate surface area is 203 Å². The van der Waals surface area contributed by atoms with Gasteiger partial charge in [0.15, 0.2) is 0 Å². The fraction of sp³-hybridized carbons (Fsp3) is 0.259. The second kappa shape index (κ2) is 10.4. The molecule has 180 valence electrons. The fourth-order valence-corrected chi connectivity index (χ4v) is 4.29. The number of carboxylic acid groups (broad SMARTS) is 1. The van der Waals surface area contributed by atoms with E-state index in [2.05, 4.69) is 27.8 Å². The number of rotatable bonds is 8. The summed E-state index contributed by atoms with van der Waals surface area (Å²) in [5, 5.41) is 14.4. The van der Waals surface area contributed by atoms with Gasteiger partial charge in [0, 0.05) is 5.92 Å². The number of amides is 2. The summed E-state index contributed by atoms with van der Waals surface area (Å²) in [4.78, 5) is 40.6. The average molecular weight is 474 g/mol. The summed E-state index contributed by atoms with van der Waals surface area (Å²) in [6.07, 6.45) is -0.404. The normalized spacial score (nSPS) is 13.0. The van der Waals surface area contributed by atoms with Gasteiger partial charge in [0.1, 0.15) is 24.2 Å². The molecule has 1 aliphatic carbocycles. The van der Waals surface area contributed by atoms with E-state index in [1.54, 1.807) is 6.07 Å². The zero-order chi connectivity index (χ0) is 24.9. The third-order valence-electron chi connectivity index (χ3n) is 5.87. The van der Waals surface area contributed by atoms with Crippen LogP contribution >= 0.6 is 0 Å². The van der Waals surface area contributed by atoms with Crippen molar-refractivity contribution in [3.8, 4) is 11.1 Å². The van der Waals surface area contributed by atoms with Crippen molar-refractivity contribution in [2.24, 2.45) is 5.92 Å². The number of pyridine rings is 1. The lowest BCUT2D eigenvalue weighted by Crippen LogP contribution is -2.42. The van der Waals surface area contributed by atoms with Gasteiger partial charge in [0.25, 0.3) is 5.91 Å². The minimum Gasteiger partial charge on any atom is -0.480 e. The van der Waals surface area contributed by atoms with Crippen molar-refractivity contribution in [3.05, 3.63) is 83.6 Å². The maximum absolute atomic E-state index is 12.5. The molecule has 1 aliphatic rings. The maximum atomic E-state index is 12.5. The SMILES string of the molecule is CC(C)C[C@@H](NC(=O)c1cccc(NC(=O)OCC2c3ccccc3-c3ccccc32)n1)C(=O)O. The number of aromatic nitrogens is 1. The zero-order valence-corrected chi connectivity index (χ0v) is 19.5. The first kappa shape index (κ1) is 23.9. The maximum Gasteiger partial charge on any atom is 0.412 e. The molecule has 0 saturated heterocycles. The summed E-state index contributed by atoms with van der Waals surface area (Å²) in [6.45, 7) is 3.90. The molecule has 1 aromatic heterocycles. The molecule has 0 fully saturated rings. The van der Waals surface area contributed by atoms with E-state index in [0.29, 0.717) is 6.42 Å². The molecule has 0 aliphatic heterocycles.